The fourth-order valence-corrected chi connectivity index (χ4v) is 4.08. The van der Waals surface area contributed by atoms with E-state index < -0.39 is 6.10 Å². The van der Waals surface area contributed by atoms with Crippen LogP contribution in [0.3, 0.4) is 0 Å². The van der Waals surface area contributed by atoms with Crippen molar-refractivity contribution in [2.24, 2.45) is 5.92 Å². The summed E-state index contributed by atoms with van der Waals surface area (Å²) in [5, 5.41) is 14.8. The molecule has 0 aromatic carbocycles. The zero-order valence-corrected chi connectivity index (χ0v) is 12.1. The van der Waals surface area contributed by atoms with E-state index >= 15 is 0 Å². The van der Waals surface area contributed by atoms with Crippen molar-refractivity contribution in [3.8, 4) is 0 Å². The molecule has 1 amide bonds. The molecular formula is C13H19NO2S2. The van der Waals surface area contributed by atoms with Crippen LogP contribution >= 0.6 is 23.1 Å². The number of hydrogen-bond acceptors (Lipinski definition) is 4. The highest BCUT2D eigenvalue weighted by atomic mass is 32.2. The van der Waals surface area contributed by atoms with Gasteiger partial charge in [-0.3, -0.25) is 4.79 Å². The molecule has 2 rings (SSSR count). The molecule has 100 valence electrons. The Bertz CT molecular complexity index is 399. The number of carbonyl (C=O) groups is 1. The fraction of sp³-hybridized carbons (Fsp3) is 0.615. The third kappa shape index (κ3) is 3.28. The Morgan fingerprint density at radius 2 is 2.33 bits per heavy atom. The summed E-state index contributed by atoms with van der Waals surface area (Å²) in [6, 6.07) is 1.96. The Labute approximate surface area is 116 Å². The van der Waals surface area contributed by atoms with Gasteiger partial charge in [-0.25, -0.2) is 0 Å². The van der Waals surface area contributed by atoms with Crippen molar-refractivity contribution in [2.45, 2.75) is 36.7 Å². The highest BCUT2D eigenvalue weighted by Crippen LogP contribution is 2.28. The first-order valence-electron chi connectivity index (χ1n) is 6.30. The van der Waals surface area contributed by atoms with Gasteiger partial charge in [-0.2, -0.15) is 0 Å². The monoisotopic (exact) mass is 285 g/mol. The van der Waals surface area contributed by atoms with Crippen LogP contribution in [0.5, 0.6) is 0 Å². The molecule has 0 radical (unpaired) electrons. The summed E-state index contributed by atoms with van der Waals surface area (Å²) >= 11 is 3.03. The normalized spacial score (nSPS) is 17.9. The minimum Gasteiger partial charge on any atom is -0.391 e. The van der Waals surface area contributed by atoms with Gasteiger partial charge in [-0.05, 0) is 36.5 Å². The summed E-state index contributed by atoms with van der Waals surface area (Å²) in [6.07, 6.45) is 6.16. The van der Waals surface area contributed by atoms with Crippen LogP contribution < -0.4 is 5.32 Å². The summed E-state index contributed by atoms with van der Waals surface area (Å²) < 4.78 is 0. The van der Waals surface area contributed by atoms with Crippen molar-refractivity contribution in [1.82, 2.24) is 5.32 Å². The van der Waals surface area contributed by atoms with Crippen molar-refractivity contribution in [1.29, 1.82) is 0 Å². The molecule has 1 saturated carbocycles. The van der Waals surface area contributed by atoms with Crippen LogP contribution in [-0.4, -0.2) is 29.9 Å². The SMILES string of the molecule is CSc1ccsc1C(=O)NCC(O)C1CCCC1. The van der Waals surface area contributed by atoms with Crippen molar-refractivity contribution >= 4 is 29.0 Å². The lowest BCUT2D eigenvalue weighted by Crippen LogP contribution is -2.35. The van der Waals surface area contributed by atoms with E-state index in [1.165, 1.54) is 24.2 Å². The van der Waals surface area contributed by atoms with Gasteiger partial charge < -0.3 is 10.4 Å². The van der Waals surface area contributed by atoms with Gasteiger partial charge in [0.25, 0.3) is 5.91 Å². The number of nitrogens with one attached hydrogen (secondary N) is 1. The molecule has 0 spiro atoms. The average Bonchev–Trinajstić information content (AvgIpc) is 3.04. The van der Waals surface area contributed by atoms with Gasteiger partial charge in [0.1, 0.15) is 4.88 Å². The molecule has 1 aromatic heterocycles. The minimum absolute atomic E-state index is 0.0635. The zero-order valence-electron chi connectivity index (χ0n) is 10.5. The molecule has 1 fully saturated rings. The predicted octanol–water partition coefficient (Wildman–Crippen LogP) is 2.75. The van der Waals surface area contributed by atoms with Crippen LogP contribution in [0, 0.1) is 5.92 Å². The summed E-state index contributed by atoms with van der Waals surface area (Å²) in [5.41, 5.74) is 0. The zero-order chi connectivity index (χ0) is 13.0. The highest BCUT2D eigenvalue weighted by Gasteiger charge is 2.24. The molecule has 1 aromatic rings. The van der Waals surface area contributed by atoms with E-state index in [4.69, 9.17) is 0 Å². The molecule has 0 bridgehead atoms. The molecule has 1 unspecified atom stereocenters. The van der Waals surface area contributed by atoms with Gasteiger partial charge in [0.05, 0.1) is 6.10 Å². The molecule has 2 N–H and O–H groups in total. The number of aliphatic hydroxyl groups is 1. The number of thiophene rings is 1. The van der Waals surface area contributed by atoms with Crippen LogP contribution in [0.2, 0.25) is 0 Å². The van der Waals surface area contributed by atoms with Crippen molar-refractivity contribution in [3.05, 3.63) is 16.3 Å². The number of thioether (sulfide) groups is 1. The average molecular weight is 285 g/mol. The molecule has 1 aliphatic carbocycles. The quantitative estimate of drug-likeness (QED) is 0.818. The Kier molecular flexibility index (Phi) is 5.09. The first-order valence-corrected chi connectivity index (χ1v) is 8.40. The number of amides is 1. The van der Waals surface area contributed by atoms with E-state index in [0.717, 1.165) is 22.6 Å². The second kappa shape index (κ2) is 6.59. The topological polar surface area (TPSA) is 49.3 Å². The van der Waals surface area contributed by atoms with Crippen LogP contribution in [0.25, 0.3) is 0 Å². The van der Waals surface area contributed by atoms with Gasteiger partial charge in [0, 0.05) is 11.4 Å². The molecule has 1 atom stereocenters. The number of hydrogen-bond donors (Lipinski definition) is 2. The highest BCUT2D eigenvalue weighted by molar-refractivity contribution is 7.98. The molecule has 3 nitrogen and oxygen atoms in total. The van der Waals surface area contributed by atoms with Crippen molar-refractivity contribution in [2.75, 3.05) is 12.8 Å². The van der Waals surface area contributed by atoms with Crippen molar-refractivity contribution < 1.29 is 9.90 Å². The van der Waals surface area contributed by atoms with Gasteiger partial charge >= 0.3 is 0 Å². The lowest BCUT2D eigenvalue weighted by Gasteiger charge is -2.17. The number of aliphatic hydroxyl groups excluding tert-OH is 1. The smallest absolute Gasteiger partial charge is 0.262 e. The molecule has 0 aliphatic heterocycles. The largest absolute Gasteiger partial charge is 0.391 e. The van der Waals surface area contributed by atoms with E-state index in [-0.39, 0.29) is 5.91 Å². The maximum absolute atomic E-state index is 12.0. The Morgan fingerprint density at radius 1 is 1.61 bits per heavy atom. The molecule has 0 saturated heterocycles. The maximum atomic E-state index is 12.0. The molecule has 1 heterocycles. The Balaban J connectivity index is 1.84. The van der Waals surface area contributed by atoms with E-state index in [9.17, 15) is 9.90 Å². The summed E-state index contributed by atoms with van der Waals surface area (Å²) in [5.74, 6) is 0.306. The number of carbonyl (C=O) groups excluding carboxylic acids is 1. The standard InChI is InChI=1S/C13H19NO2S2/c1-17-11-6-7-18-12(11)13(16)14-8-10(15)9-4-2-3-5-9/h6-7,9-10,15H,2-5,8H2,1H3,(H,14,16). The van der Waals surface area contributed by atoms with Gasteiger partial charge in [-0.15, -0.1) is 23.1 Å². The first kappa shape index (κ1) is 13.9. The van der Waals surface area contributed by atoms with Crippen LogP contribution in [0.4, 0.5) is 0 Å². The summed E-state index contributed by atoms with van der Waals surface area (Å²) in [7, 11) is 0. The van der Waals surface area contributed by atoms with Gasteiger partial charge in [0.15, 0.2) is 0 Å². The van der Waals surface area contributed by atoms with Crippen LogP contribution in [0.1, 0.15) is 35.4 Å². The lowest BCUT2D eigenvalue weighted by molar-refractivity contribution is 0.0842. The van der Waals surface area contributed by atoms with Crippen LogP contribution in [-0.2, 0) is 0 Å². The van der Waals surface area contributed by atoms with Gasteiger partial charge in [-0.1, -0.05) is 12.8 Å². The third-order valence-electron chi connectivity index (χ3n) is 3.47. The maximum Gasteiger partial charge on any atom is 0.262 e. The van der Waals surface area contributed by atoms with Crippen molar-refractivity contribution in [3.63, 3.8) is 0 Å². The van der Waals surface area contributed by atoms with E-state index in [0.29, 0.717) is 12.5 Å². The second-order valence-electron chi connectivity index (χ2n) is 4.64. The molecule has 18 heavy (non-hydrogen) atoms. The predicted molar refractivity (Wildman–Crippen MR) is 76.4 cm³/mol. The third-order valence-corrected chi connectivity index (χ3v) is 5.29. The summed E-state index contributed by atoms with van der Waals surface area (Å²) in [4.78, 5) is 13.7. The second-order valence-corrected chi connectivity index (χ2v) is 6.40. The van der Waals surface area contributed by atoms with Gasteiger partial charge in [0.2, 0.25) is 0 Å². The number of rotatable bonds is 5. The Morgan fingerprint density at radius 3 is 3.00 bits per heavy atom. The van der Waals surface area contributed by atoms with E-state index in [1.807, 2.05) is 17.7 Å². The minimum atomic E-state index is -0.394. The van der Waals surface area contributed by atoms with E-state index in [1.54, 1.807) is 11.8 Å². The van der Waals surface area contributed by atoms with Crippen LogP contribution in [0.15, 0.2) is 16.3 Å². The van der Waals surface area contributed by atoms with E-state index in [2.05, 4.69) is 5.32 Å². The molecular weight excluding hydrogens is 266 g/mol. The fourth-order valence-electron chi connectivity index (χ4n) is 2.41. The lowest BCUT2D eigenvalue weighted by atomic mass is 10.0. The first-order chi connectivity index (χ1) is 8.72. The molecule has 5 heteroatoms. The Hall–Kier alpha value is -0.520. The molecule has 1 aliphatic rings. The summed E-state index contributed by atoms with van der Waals surface area (Å²) in [6.45, 7) is 0.370.